The lowest BCUT2D eigenvalue weighted by Crippen LogP contribution is -2.42. The number of hydrogen-bond donors (Lipinski definition) is 1. The minimum atomic E-state index is 0.0542. The summed E-state index contributed by atoms with van der Waals surface area (Å²) in [7, 11) is 0. The van der Waals surface area contributed by atoms with E-state index in [1.807, 2.05) is 76.2 Å². The summed E-state index contributed by atoms with van der Waals surface area (Å²) < 4.78 is 2.02. The third-order valence-electron chi connectivity index (χ3n) is 5.83. The van der Waals surface area contributed by atoms with Gasteiger partial charge in [-0.25, -0.2) is 0 Å². The van der Waals surface area contributed by atoms with Crippen LogP contribution in [0.5, 0.6) is 0 Å². The number of amides is 1. The molecule has 1 aliphatic heterocycles. The third-order valence-corrected chi connectivity index (χ3v) is 6.06. The fourth-order valence-electron chi connectivity index (χ4n) is 4.28. The molecule has 0 aliphatic carbocycles. The van der Waals surface area contributed by atoms with Gasteiger partial charge in [-0.3, -0.25) is 9.78 Å². The van der Waals surface area contributed by atoms with Crippen molar-refractivity contribution in [3.8, 4) is 5.69 Å². The molecule has 1 amide bonds. The summed E-state index contributed by atoms with van der Waals surface area (Å²) in [5.74, 6) is 0.0542. The minimum Gasteiger partial charge on any atom is -0.382 e. The van der Waals surface area contributed by atoms with Crippen molar-refractivity contribution >= 4 is 34.1 Å². The lowest BCUT2D eigenvalue weighted by atomic mass is 10.0. The molecule has 4 aromatic rings. The van der Waals surface area contributed by atoms with Gasteiger partial charge in [0.1, 0.15) is 5.69 Å². The van der Waals surface area contributed by atoms with Crippen molar-refractivity contribution < 1.29 is 4.79 Å². The number of carbonyl (C=O) groups excluding carboxylic acids is 1. The van der Waals surface area contributed by atoms with Crippen LogP contribution in [0.3, 0.4) is 0 Å². The second-order valence-electron chi connectivity index (χ2n) is 7.85. The van der Waals surface area contributed by atoms with Gasteiger partial charge in [0.15, 0.2) is 0 Å². The number of nitrogens with one attached hydrogen (secondary N) is 1. The van der Waals surface area contributed by atoms with E-state index in [0.717, 1.165) is 48.2 Å². The van der Waals surface area contributed by atoms with Crippen LogP contribution in [0, 0.1) is 0 Å². The predicted molar refractivity (Wildman–Crippen MR) is 125 cm³/mol. The SMILES string of the molecule is O=C(c1cc2ccccc2n1-c1cccc(Cl)c1)N1CCC(Nc2ccncc2)CC1. The second-order valence-corrected chi connectivity index (χ2v) is 8.29. The largest absolute Gasteiger partial charge is 0.382 e. The van der Waals surface area contributed by atoms with E-state index in [0.29, 0.717) is 16.8 Å². The number of likely N-dealkylation sites (tertiary alicyclic amines) is 1. The highest BCUT2D eigenvalue weighted by Gasteiger charge is 2.26. The first-order chi connectivity index (χ1) is 15.2. The molecular formula is C25H23ClN4O. The van der Waals surface area contributed by atoms with Crippen LogP contribution < -0.4 is 5.32 Å². The van der Waals surface area contributed by atoms with Crippen LogP contribution in [0.1, 0.15) is 23.3 Å². The van der Waals surface area contributed by atoms with Crippen LogP contribution in [0.15, 0.2) is 79.1 Å². The summed E-state index contributed by atoms with van der Waals surface area (Å²) >= 11 is 6.26. The highest BCUT2D eigenvalue weighted by Crippen LogP contribution is 2.28. The van der Waals surface area contributed by atoms with Gasteiger partial charge in [0.05, 0.1) is 5.52 Å². The molecule has 0 spiro atoms. The molecule has 1 saturated heterocycles. The fourth-order valence-corrected chi connectivity index (χ4v) is 4.46. The Kier molecular flexibility index (Phi) is 5.35. The van der Waals surface area contributed by atoms with E-state index in [1.165, 1.54) is 0 Å². The van der Waals surface area contributed by atoms with Gasteiger partial charge in [-0.2, -0.15) is 0 Å². The van der Waals surface area contributed by atoms with Crippen molar-refractivity contribution in [2.75, 3.05) is 18.4 Å². The average molecular weight is 431 g/mol. The van der Waals surface area contributed by atoms with Crippen LogP contribution in [0.25, 0.3) is 16.6 Å². The minimum absolute atomic E-state index is 0.0542. The molecule has 3 heterocycles. The van der Waals surface area contributed by atoms with Crippen molar-refractivity contribution in [3.63, 3.8) is 0 Å². The van der Waals surface area contributed by atoms with Gasteiger partial charge in [0, 0.05) is 53.3 Å². The van der Waals surface area contributed by atoms with Crippen molar-refractivity contribution in [1.82, 2.24) is 14.5 Å². The van der Waals surface area contributed by atoms with Crippen LogP contribution in [-0.4, -0.2) is 39.5 Å². The smallest absolute Gasteiger partial charge is 0.270 e. The molecule has 1 fully saturated rings. The number of anilines is 1. The summed E-state index contributed by atoms with van der Waals surface area (Å²) in [6, 6.07) is 22.0. The summed E-state index contributed by atoms with van der Waals surface area (Å²) in [6.07, 6.45) is 5.39. The number of piperidine rings is 1. The highest BCUT2D eigenvalue weighted by atomic mass is 35.5. The number of aromatic nitrogens is 2. The van der Waals surface area contributed by atoms with Crippen molar-refractivity contribution in [2.45, 2.75) is 18.9 Å². The maximum atomic E-state index is 13.6. The van der Waals surface area contributed by atoms with Gasteiger partial charge in [-0.05, 0) is 55.3 Å². The van der Waals surface area contributed by atoms with E-state index >= 15 is 0 Å². The molecule has 0 unspecified atom stereocenters. The number of fused-ring (bicyclic) bond motifs is 1. The number of halogens is 1. The van der Waals surface area contributed by atoms with Crippen LogP contribution in [0.2, 0.25) is 5.02 Å². The monoisotopic (exact) mass is 430 g/mol. The normalized spacial score (nSPS) is 14.7. The molecule has 31 heavy (non-hydrogen) atoms. The van der Waals surface area contributed by atoms with E-state index in [9.17, 15) is 4.79 Å². The topological polar surface area (TPSA) is 50.2 Å². The van der Waals surface area contributed by atoms with E-state index < -0.39 is 0 Å². The van der Waals surface area contributed by atoms with Crippen LogP contribution in [0.4, 0.5) is 5.69 Å². The van der Waals surface area contributed by atoms with Gasteiger partial charge in [0.25, 0.3) is 5.91 Å². The van der Waals surface area contributed by atoms with Gasteiger partial charge >= 0.3 is 0 Å². The van der Waals surface area contributed by atoms with Gasteiger partial charge in [-0.15, -0.1) is 0 Å². The Bertz CT molecular complexity index is 1210. The molecule has 5 rings (SSSR count). The molecule has 6 heteroatoms. The van der Waals surface area contributed by atoms with Gasteiger partial charge < -0.3 is 14.8 Å². The molecular weight excluding hydrogens is 408 g/mol. The standard InChI is InChI=1S/C25H23ClN4O/c26-19-5-3-6-22(17-19)30-23-7-2-1-4-18(23)16-24(30)25(31)29-14-10-21(11-15-29)28-20-8-12-27-13-9-20/h1-9,12-13,16-17,21H,10-11,14-15H2,(H,27,28). The Labute approximate surface area is 186 Å². The average Bonchev–Trinajstić information content (AvgIpc) is 3.19. The van der Waals surface area contributed by atoms with Gasteiger partial charge in [-0.1, -0.05) is 35.9 Å². The van der Waals surface area contributed by atoms with E-state index in [-0.39, 0.29) is 5.91 Å². The molecule has 1 aliphatic rings. The predicted octanol–water partition coefficient (Wildman–Crippen LogP) is 5.40. The van der Waals surface area contributed by atoms with Gasteiger partial charge in [0.2, 0.25) is 0 Å². The van der Waals surface area contributed by atoms with Crippen molar-refractivity contribution in [1.29, 1.82) is 0 Å². The number of rotatable bonds is 4. The molecule has 156 valence electrons. The van der Waals surface area contributed by atoms with E-state index in [2.05, 4.69) is 10.3 Å². The Morgan fingerprint density at radius 1 is 0.968 bits per heavy atom. The first-order valence-electron chi connectivity index (χ1n) is 10.5. The van der Waals surface area contributed by atoms with Crippen LogP contribution >= 0.6 is 11.6 Å². The van der Waals surface area contributed by atoms with Crippen molar-refractivity contribution in [3.05, 3.63) is 89.8 Å². The maximum Gasteiger partial charge on any atom is 0.270 e. The second kappa shape index (κ2) is 8.44. The molecule has 0 radical (unpaired) electrons. The Balaban J connectivity index is 1.40. The maximum absolute atomic E-state index is 13.6. The first kappa shape index (κ1) is 19.6. The lowest BCUT2D eigenvalue weighted by molar-refractivity contribution is 0.0711. The Morgan fingerprint density at radius 3 is 2.52 bits per heavy atom. The molecule has 0 bridgehead atoms. The number of hydrogen-bond acceptors (Lipinski definition) is 3. The molecule has 2 aromatic carbocycles. The molecule has 5 nitrogen and oxygen atoms in total. The number of nitrogens with zero attached hydrogens (tertiary/aromatic N) is 3. The Hall–Kier alpha value is -3.31. The number of para-hydroxylation sites is 1. The number of pyridine rings is 1. The first-order valence-corrected chi connectivity index (χ1v) is 10.9. The molecule has 0 saturated carbocycles. The summed E-state index contributed by atoms with van der Waals surface area (Å²) in [4.78, 5) is 19.6. The molecule has 1 N–H and O–H groups in total. The highest BCUT2D eigenvalue weighted by molar-refractivity contribution is 6.30. The summed E-state index contributed by atoms with van der Waals surface area (Å²) in [5.41, 5.74) is 3.64. The molecule has 2 aromatic heterocycles. The zero-order valence-electron chi connectivity index (χ0n) is 17.0. The van der Waals surface area contributed by atoms with Crippen LogP contribution in [-0.2, 0) is 0 Å². The quantitative estimate of drug-likeness (QED) is 0.472. The number of benzene rings is 2. The Morgan fingerprint density at radius 2 is 1.74 bits per heavy atom. The summed E-state index contributed by atoms with van der Waals surface area (Å²) in [5, 5.41) is 5.24. The third kappa shape index (κ3) is 4.01. The molecule has 0 atom stereocenters. The number of carbonyl (C=O) groups is 1. The van der Waals surface area contributed by atoms with E-state index in [4.69, 9.17) is 11.6 Å². The fraction of sp³-hybridized carbons (Fsp3) is 0.200. The summed E-state index contributed by atoms with van der Waals surface area (Å²) in [6.45, 7) is 1.44. The zero-order valence-corrected chi connectivity index (χ0v) is 17.8. The zero-order chi connectivity index (χ0) is 21.2. The van der Waals surface area contributed by atoms with Crippen molar-refractivity contribution in [2.24, 2.45) is 0 Å². The van der Waals surface area contributed by atoms with E-state index in [1.54, 1.807) is 12.4 Å². The lowest BCUT2D eigenvalue weighted by Gasteiger charge is -2.33.